The molecule has 0 saturated carbocycles. The second kappa shape index (κ2) is 6.09. The number of fused-ring (bicyclic) bond motifs is 1. The van der Waals surface area contributed by atoms with Gasteiger partial charge in [0.05, 0.1) is 16.3 Å². The smallest absolute Gasteiger partial charge is 0.257 e. The van der Waals surface area contributed by atoms with Gasteiger partial charge in [0.25, 0.3) is 5.91 Å². The Kier molecular flexibility index (Phi) is 4.11. The number of ether oxygens (including phenoxy) is 2. The van der Waals surface area contributed by atoms with E-state index < -0.39 is 17.5 Å². The van der Waals surface area contributed by atoms with Crippen LogP contribution in [-0.2, 0) is 0 Å². The van der Waals surface area contributed by atoms with E-state index in [1.165, 1.54) is 19.1 Å². The molecule has 0 aliphatic carbocycles. The van der Waals surface area contributed by atoms with Gasteiger partial charge in [0.1, 0.15) is 0 Å². The van der Waals surface area contributed by atoms with Crippen molar-refractivity contribution in [3.05, 3.63) is 52.0 Å². The van der Waals surface area contributed by atoms with Crippen molar-refractivity contribution in [2.75, 3.05) is 12.1 Å². The van der Waals surface area contributed by atoms with E-state index in [0.29, 0.717) is 23.6 Å². The number of carbonyl (C=O) groups is 2. The van der Waals surface area contributed by atoms with Crippen LogP contribution >= 0.6 is 11.6 Å². The maximum absolute atomic E-state index is 13.3. The fraction of sp³-hybridized carbons (Fsp3) is 0.125. The molecule has 1 aliphatic rings. The third-order valence-electron chi connectivity index (χ3n) is 3.39. The monoisotopic (exact) mass is 353 g/mol. The number of halogens is 3. The molecular formula is C16H10ClF2NO4. The van der Waals surface area contributed by atoms with Crippen molar-refractivity contribution < 1.29 is 27.8 Å². The minimum absolute atomic E-state index is 0.000913. The molecule has 0 unspecified atom stereocenters. The molecule has 0 saturated heterocycles. The number of nitrogens with one attached hydrogen (secondary N) is 1. The number of Topliss-reactive ketones (excluding diaryl/α,β-unsaturated/α-hetero) is 1. The quantitative estimate of drug-likeness (QED) is 0.673. The lowest BCUT2D eigenvalue weighted by Gasteiger charge is -2.11. The molecule has 1 amide bonds. The van der Waals surface area contributed by atoms with E-state index >= 15 is 0 Å². The van der Waals surface area contributed by atoms with Gasteiger partial charge >= 0.3 is 0 Å². The zero-order valence-electron chi connectivity index (χ0n) is 12.3. The summed E-state index contributed by atoms with van der Waals surface area (Å²) in [5, 5.41) is 2.20. The topological polar surface area (TPSA) is 64.6 Å². The van der Waals surface area contributed by atoms with Gasteiger partial charge < -0.3 is 14.8 Å². The largest absolute Gasteiger partial charge is 0.454 e. The van der Waals surface area contributed by atoms with Crippen LogP contribution in [0.1, 0.15) is 27.6 Å². The van der Waals surface area contributed by atoms with Crippen LogP contribution in [-0.4, -0.2) is 18.5 Å². The lowest BCUT2D eigenvalue weighted by atomic mass is 10.1. The molecule has 3 rings (SSSR count). The standard InChI is InChI=1S/C16H10ClF2NO4/c1-7(21)8-3-14-15(24-6-23-14)5-13(8)20-16(22)9-2-11(18)12(19)4-10(9)17/h2-5H,6H2,1H3,(H,20,22). The number of ketones is 1. The van der Waals surface area contributed by atoms with Crippen molar-refractivity contribution in [3.63, 3.8) is 0 Å². The van der Waals surface area contributed by atoms with Crippen LogP contribution in [0, 0.1) is 11.6 Å². The maximum atomic E-state index is 13.3. The molecule has 0 atom stereocenters. The second-order valence-corrected chi connectivity index (χ2v) is 5.41. The van der Waals surface area contributed by atoms with Crippen molar-refractivity contribution in [1.82, 2.24) is 0 Å². The highest BCUT2D eigenvalue weighted by Gasteiger charge is 2.22. The Labute approximate surface area is 140 Å². The Morgan fingerprint density at radius 1 is 1.04 bits per heavy atom. The fourth-order valence-corrected chi connectivity index (χ4v) is 2.46. The van der Waals surface area contributed by atoms with Crippen molar-refractivity contribution in [2.45, 2.75) is 6.92 Å². The summed E-state index contributed by atoms with van der Waals surface area (Å²) in [6, 6.07) is 4.25. The average molecular weight is 354 g/mol. The highest BCUT2D eigenvalue weighted by atomic mass is 35.5. The number of benzene rings is 2. The van der Waals surface area contributed by atoms with E-state index in [9.17, 15) is 18.4 Å². The summed E-state index contributed by atoms with van der Waals surface area (Å²) >= 11 is 5.78. The van der Waals surface area contributed by atoms with E-state index in [4.69, 9.17) is 21.1 Å². The van der Waals surface area contributed by atoms with Gasteiger partial charge in [-0.25, -0.2) is 8.78 Å². The molecule has 8 heteroatoms. The number of hydrogen-bond acceptors (Lipinski definition) is 4. The first-order chi connectivity index (χ1) is 11.4. The third-order valence-corrected chi connectivity index (χ3v) is 3.71. The maximum Gasteiger partial charge on any atom is 0.257 e. The molecule has 5 nitrogen and oxygen atoms in total. The lowest BCUT2D eigenvalue weighted by Crippen LogP contribution is -2.15. The molecule has 0 radical (unpaired) electrons. The van der Waals surface area contributed by atoms with Crippen LogP contribution in [0.25, 0.3) is 0 Å². The summed E-state index contributed by atoms with van der Waals surface area (Å²) in [5.41, 5.74) is 0.0755. The minimum Gasteiger partial charge on any atom is -0.454 e. The summed E-state index contributed by atoms with van der Waals surface area (Å²) in [6.07, 6.45) is 0. The van der Waals surface area contributed by atoms with Gasteiger partial charge in [-0.2, -0.15) is 0 Å². The molecule has 0 spiro atoms. The Hall–Kier alpha value is -2.67. The minimum atomic E-state index is -1.21. The molecule has 2 aromatic rings. The zero-order valence-corrected chi connectivity index (χ0v) is 13.0. The molecule has 0 aromatic heterocycles. The summed E-state index contributed by atoms with van der Waals surface area (Å²) in [6.45, 7) is 1.32. The lowest BCUT2D eigenvalue weighted by molar-refractivity contribution is 0.101. The van der Waals surface area contributed by atoms with Gasteiger partial charge in [0.15, 0.2) is 28.9 Å². The Bertz CT molecular complexity index is 870. The van der Waals surface area contributed by atoms with Gasteiger partial charge in [0, 0.05) is 11.6 Å². The molecule has 124 valence electrons. The first-order valence-electron chi connectivity index (χ1n) is 6.77. The van der Waals surface area contributed by atoms with Crippen molar-refractivity contribution in [2.24, 2.45) is 0 Å². The van der Waals surface area contributed by atoms with Crippen LogP contribution in [0.4, 0.5) is 14.5 Å². The average Bonchev–Trinajstić information content (AvgIpc) is 2.97. The van der Waals surface area contributed by atoms with E-state index in [2.05, 4.69) is 5.32 Å². The fourth-order valence-electron chi connectivity index (χ4n) is 2.22. The Morgan fingerprint density at radius 3 is 2.33 bits per heavy atom. The number of carbonyl (C=O) groups excluding carboxylic acids is 2. The SMILES string of the molecule is CC(=O)c1cc2c(cc1NC(=O)c1cc(F)c(F)cc1Cl)OCO2. The van der Waals surface area contributed by atoms with Crippen molar-refractivity contribution in [1.29, 1.82) is 0 Å². The predicted molar refractivity (Wildman–Crippen MR) is 81.9 cm³/mol. The predicted octanol–water partition coefficient (Wildman–Crippen LogP) is 3.80. The number of hydrogen-bond donors (Lipinski definition) is 1. The first-order valence-corrected chi connectivity index (χ1v) is 7.15. The molecule has 0 bridgehead atoms. The summed E-state index contributed by atoms with van der Waals surface area (Å²) in [5.74, 6) is -2.75. The van der Waals surface area contributed by atoms with Crippen molar-refractivity contribution >= 4 is 29.0 Å². The van der Waals surface area contributed by atoms with Crippen LogP contribution in [0.5, 0.6) is 11.5 Å². The van der Waals surface area contributed by atoms with Crippen LogP contribution < -0.4 is 14.8 Å². The van der Waals surface area contributed by atoms with E-state index in [1.807, 2.05) is 0 Å². The molecule has 2 aromatic carbocycles. The van der Waals surface area contributed by atoms with E-state index in [1.54, 1.807) is 0 Å². The molecule has 1 heterocycles. The molecule has 1 aliphatic heterocycles. The molecule has 0 fully saturated rings. The summed E-state index contributed by atoms with van der Waals surface area (Å²) < 4.78 is 36.8. The van der Waals surface area contributed by atoms with E-state index in [-0.39, 0.29) is 34.4 Å². The van der Waals surface area contributed by atoms with E-state index in [0.717, 1.165) is 0 Å². The summed E-state index contributed by atoms with van der Waals surface area (Å²) in [4.78, 5) is 24.1. The van der Waals surface area contributed by atoms with Gasteiger partial charge in [-0.15, -0.1) is 0 Å². The molecule has 1 N–H and O–H groups in total. The van der Waals surface area contributed by atoms with Crippen LogP contribution in [0.15, 0.2) is 24.3 Å². The highest BCUT2D eigenvalue weighted by Crippen LogP contribution is 2.37. The van der Waals surface area contributed by atoms with Gasteiger partial charge in [-0.05, 0) is 25.1 Å². The third kappa shape index (κ3) is 2.90. The Morgan fingerprint density at radius 2 is 1.67 bits per heavy atom. The van der Waals surface area contributed by atoms with Gasteiger partial charge in [0.2, 0.25) is 6.79 Å². The molecule has 24 heavy (non-hydrogen) atoms. The van der Waals surface area contributed by atoms with Crippen molar-refractivity contribution in [3.8, 4) is 11.5 Å². The second-order valence-electron chi connectivity index (χ2n) is 5.01. The summed E-state index contributed by atoms with van der Waals surface area (Å²) in [7, 11) is 0. The zero-order chi connectivity index (χ0) is 17.4. The van der Waals surface area contributed by atoms with Crippen LogP contribution in [0.2, 0.25) is 5.02 Å². The van der Waals surface area contributed by atoms with Gasteiger partial charge in [-0.3, -0.25) is 9.59 Å². The number of amides is 1. The first kappa shape index (κ1) is 16.2. The molecular weight excluding hydrogens is 344 g/mol. The van der Waals surface area contributed by atoms with Crippen LogP contribution in [0.3, 0.4) is 0 Å². The van der Waals surface area contributed by atoms with Gasteiger partial charge in [-0.1, -0.05) is 11.6 Å². The Balaban J connectivity index is 1.98. The number of rotatable bonds is 3. The number of anilines is 1. The normalized spacial score (nSPS) is 12.2. The highest BCUT2D eigenvalue weighted by molar-refractivity contribution is 6.34.